The van der Waals surface area contributed by atoms with E-state index in [0.29, 0.717) is 51.7 Å². The van der Waals surface area contributed by atoms with E-state index in [0.717, 1.165) is 95.9 Å². The Labute approximate surface area is 357 Å². The molecule has 0 aliphatic carbocycles. The largest absolute Gasteiger partial charge is 0.465 e. The van der Waals surface area contributed by atoms with Crippen molar-refractivity contribution in [1.82, 2.24) is 15.5 Å². The zero-order chi connectivity index (χ0) is 41.9. The van der Waals surface area contributed by atoms with Gasteiger partial charge in [0.05, 0.1) is 37.0 Å². The van der Waals surface area contributed by atoms with Crippen LogP contribution in [-0.2, 0) is 23.8 Å². The summed E-state index contributed by atoms with van der Waals surface area (Å²) < 4.78 is 22.2. The van der Waals surface area contributed by atoms with E-state index >= 15 is 0 Å². The van der Waals surface area contributed by atoms with E-state index in [-0.39, 0.29) is 36.0 Å². The third kappa shape index (κ3) is 14.1. The van der Waals surface area contributed by atoms with Gasteiger partial charge in [0.2, 0.25) is 11.6 Å². The fourth-order valence-corrected chi connectivity index (χ4v) is 10.6. The van der Waals surface area contributed by atoms with Crippen LogP contribution in [0.5, 0.6) is 0 Å². The Morgan fingerprint density at radius 2 is 1.58 bits per heavy atom. The summed E-state index contributed by atoms with van der Waals surface area (Å²) in [6.45, 7) is 6.76. The van der Waals surface area contributed by atoms with Crippen molar-refractivity contribution in [2.24, 2.45) is 17.4 Å². The summed E-state index contributed by atoms with van der Waals surface area (Å²) in [5.74, 6) is 0.673. The van der Waals surface area contributed by atoms with Crippen molar-refractivity contribution in [2.45, 2.75) is 229 Å². The number of rotatable bonds is 27. The Hall–Kier alpha value is -2.25. The molecule has 0 saturated carbocycles. The van der Waals surface area contributed by atoms with Gasteiger partial charge in [0.15, 0.2) is 11.6 Å². The number of esters is 1. The average molecular weight is 830 g/mol. The van der Waals surface area contributed by atoms with Gasteiger partial charge in [-0.25, -0.2) is 10.6 Å². The number of unbranched alkanes of at least 4 members (excludes halogenated alkanes) is 14. The molecule has 5 aliphatic heterocycles. The van der Waals surface area contributed by atoms with Gasteiger partial charge in [-0.2, -0.15) is 0 Å². The smallest absolute Gasteiger partial charge is 0.350 e. The number of amides is 1. The van der Waals surface area contributed by atoms with Crippen LogP contribution < -0.4 is 22.1 Å². The number of nitrogens with zero attached hydrogens (tertiary/aromatic N) is 2. The van der Waals surface area contributed by atoms with Crippen LogP contribution in [0.1, 0.15) is 187 Å². The predicted octanol–water partition coefficient (Wildman–Crippen LogP) is 6.90. The maximum Gasteiger partial charge on any atom is 0.350 e. The quantitative estimate of drug-likeness (QED) is 0.0255. The Morgan fingerprint density at radius 3 is 2.22 bits per heavy atom. The number of aliphatic hydroxyl groups excluding tert-OH is 1. The summed E-state index contributed by atoms with van der Waals surface area (Å²) in [5.41, 5.74) is 10.0. The minimum atomic E-state index is -0.757. The number of guanidine groups is 1. The Morgan fingerprint density at radius 1 is 0.898 bits per heavy atom. The van der Waals surface area contributed by atoms with Crippen LogP contribution in [0.15, 0.2) is 12.2 Å². The number of hydrogen-bond donors (Lipinski definition) is 5. The fourth-order valence-electron chi connectivity index (χ4n) is 10.6. The normalized spacial score (nSPS) is 29.2. The zero-order valence-corrected chi connectivity index (χ0v) is 37.3. The minimum Gasteiger partial charge on any atom is -0.465 e. The number of nitrogens with one attached hydrogen (secondary N) is 2. The number of hydrogen-bond acceptors (Lipinski definition) is 10. The molecule has 1 amide bonds. The first-order valence-corrected chi connectivity index (χ1v) is 24.5. The topological polar surface area (TPSA) is 164 Å². The van der Waals surface area contributed by atoms with Crippen LogP contribution in [0, 0.1) is 5.92 Å². The van der Waals surface area contributed by atoms with Gasteiger partial charge in [-0.1, -0.05) is 103 Å². The van der Waals surface area contributed by atoms with Gasteiger partial charge in [-0.05, 0) is 84.2 Å². The lowest BCUT2D eigenvalue weighted by Gasteiger charge is -2.50. The van der Waals surface area contributed by atoms with Crippen LogP contribution >= 0.6 is 0 Å². The second-order valence-electron chi connectivity index (χ2n) is 18.7. The molecular formula is C47H85N6O6+. The van der Waals surface area contributed by atoms with Crippen LogP contribution in [0.4, 0.5) is 0 Å². The summed E-state index contributed by atoms with van der Waals surface area (Å²) in [4.78, 5) is 28.5. The monoisotopic (exact) mass is 830 g/mol. The summed E-state index contributed by atoms with van der Waals surface area (Å²) in [7, 11) is 0. The first kappa shape index (κ1) is 47.8. The van der Waals surface area contributed by atoms with E-state index < -0.39 is 17.6 Å². The zero-order valence-electron chi connectivity index (χ0n) is 37.3. The Kier molecular flexibility index (Phi) is 20.3. The lowest BCUT2D eigenvalue weighted by molar-refractivity contribution is -0.609. The van der Waals surface area contributed by atoms with Crippen molar-refractivity contribution in [1.29, 1.82) is 0 Å². The van der Waals surface area contributed by atoms with E-state index in [2.05, 4.69) is 41.2 Å². The van der Waals surface area contributed by atoms with Crippen molar-refractivity contribution in [3.63, 3.8) is 0 Å². The second kappa shape index (κ2) is 25.0. The van der Waals surface area contributed by atoms with Crippen LogP contribution in [0.25, 0.3) is 0 Å². The summed E-state index contributed by atoms with van der Waals surface area (Å²) >= 11 is 0. The molecule has 0 radical (unpaired) electrons. The molecule has 5 rings (SSSR count). The lowest BCUT2D eigenvalue weighted by atomic mass is 9.80. The molecule has 0 aromatic rings. The molecule has 2 spiro atoms. The third-order valence-electron chi connectivity index (χ3n) is 13.8. The van der Waals surface area contributed by atoms with E-state index in [1.54, 1.807) is 4.90 Å². The molecule has 5 heterocycles. The molecule has 0 bridgehead atoms. The van der Waals surface area contributed by atoms with Crippen molar-refractivity contribution < 1.29 is 33.5 Å². The van der Waals surface area contributed by atoms with Gasteiger partial charge in [0.1, 0.15) is 0 Å². The molecule has 0 aromatic heterocycles. The Balaban J connectivity index is 0.909. The highest BCUT2D eigenvalue weighted by Gasteiger charge is 2.64. The molecule has 338 valence electrons. The van der Waals surface area contributed by atoms with E-state index in [1.807, 2.05) is 0 Å². The summed E-state index contributed by atoms with van der Waals surface area (Å²) in [6, 6.07) is 0.398. The molecule has 59 heavy (non-hydrogen) atoms. The number of carbonyl (C=O) groups is 2. The number of aliphatic hydroxyl groups is 1. The van der Waals surface area contributed by atoms with Crippen LogP contribution in [0.3, 0.4) is 0 Å². The molecule has 12 nitrogen and oxygen atoms in total. The second-order valence-corrected chi connectivity index (χ2v) is 18.7. The van der Waals surface area contributed by atoms with Gasteiger partial charge in [-0.15, -0.1) is 0 Å². The molecule has 5 aliphatic rings. The molecule has 2 saturated heterocycles. The van der Waals surface area contributed by atoms with Gasteiger partial charge >= 0.3 is 11.9 Å². The Bertz CT molecular complexity index is 1330. The SMILES string of the molecule is CC[C@H]1C=CCC[C@@]2(C[C@@H]3CC[C@@H]4[C@H](C(=O)OCCCCCCCCCCCCCCCCCC(=O)N(CCCN)C[C@@H](O)CCN)[C@]5(CCC[C@@H](C)O5)NC(=[N+]34)N2)O1. The van der Waals surface area contributed by atoms with E-state index in [4.69, 9.17) is 25.7 Å². The fraction of sp³-hybridized carbons (Fsp3) is 0.894. The third-order valence-corrected chi connectivity index (χ3v) is 13.8. The highest BCUT2D eigenvalue weighted by Crippen LogP contribution is 2.45. The molecule has 0 unspecified atom stereocenters. The van der Waals surface area contributed by atoms with Crippen molar-refractivity contribution in [2.75, 3.05) is 32.8 Å². The van der Waals surface area contributed by atoms with Crippen LogP contribution in [-0.4, -0.2) is 107 Å². The maximum absolute atomic E-state index is 14.1. The van der Waals surface area contributed by atoms with Crippen molar-refractivity contribution in [3.05, 3.63) is 12.2 Å². The number of ether oxygens (including phenoxy) is 3. The highest BCUT2D eigenvalue weighted by molar-refractivity contribution is 5.82. The molecular weight excluding hydrogens is 745 g/mol. The highest BCUT2D eigenvalue weighted by atomic mass is 16.6. The maximum atomic E-state index is 14.1. The number of nitrogens with two attached hydrogens (primary N) is 2. The molecule has 0 aromatic carbocycles. The summed E-state index contributed by atoms with van der Waals surface area (Å²) in [5, 5.41) is 17.8. The van der Waals surface area contributed by atoms with Gasteiger partial charge in [-0.3, -0.25) is 14.2 Å². The van der Waals surface area contributed by atoms with Gasteiger partial charge in [0, 0.05) is 38.8 Å². The molecule has 12 heteroatoms. The molecule has 8 atom stereocenters. The average Bonchev–Trinajstić information content (AvgIpc) is 3.52. The van der Waals surface area contributed by atoms with E-state index in [9.17, 15) is 14.7 Å². The van der Waals surface area contributed by atoms with Gasteiger partial charge < -0.3 is 35.7 Å². The number of allylic oxidation sites excluding steroid dienone is 1. The first-order valence-electron chi connectivity index (χ1n) is 24.5. The van der Waals surface area contributed by atoms with Gasteiger partial charge in [0.25, 0.3) is 0 Å². The van der Waals surface area contributed by atoms with Crippen molar-refractivity contribution in [3.8, 4) is 0 Å². The minimum absolute atomic E-state index is 0.0663. The lowest BCUT2D eigenvalue weighted by Crippen LogP contribution is -2.76. The number of carbonyl (C=O) groups excluding carboxylic acids is 2. The standard InChI is InChI=1S/C47H84N6O6/c1-3-40-24-18-19-29-46(59-40)35-38-26-27-41-43(47(30-21-23-37(2)58-47)51-45(50-46)53(38)41)44(56)57-34-20-16-14-12-10-8-6-4-5-7-9-11-13-15-17-25-42(55)52(33-22-31-48)36-39(54)28-32-49/h18,24,37-41,43,54H,3-17,19-23,25-36,48-49H2,1-2H3,(H,50,51)/p+1/t37-,38+,39+,40+,41-,43-,46+,47-/m1/s1. The predicted molar refractivity (Wildman–Crippen MR) is 235 cm³/mol. The van der Waals surface area contributed by atoms with Crippen LogP contribution in [0.2, 0.25) is 0 Å². The van der Waals surface area contributed by atoms with E-state index in [1.165, 1.54) is 70.6 Å². The summed E-state index contributed by atoms with van der Waals surface area (Å²) in [6.07, 6.45) is 32.6. The molecule has 2 fully saturated rings. The molecule has 7 N–H and O–H groups in total. The van der Waals surface area contributed by atoms with Crippen molar-refractivity contribution >= 4 is 17.8 Å². The first-order chi connectivity index (χ1) is 28.7.